The van der Waals surface area contributed by atoms with Gasteiger partial charge in [0.1, 0.15) is 0 Å². The van der Waals surface area contributed by atoms with Gasteiger partial charge in [-0.15, -0.1) is 6.58 Å². The fraction of sp³-hybridized carbons (Fsp3) is 0.625. The van der Waals surface area contributed by atoms with Crippen molar-refractivity contribution in [2.45, 2.75) is 19.5 Å². The maximum atomic E-state index is 12.9. The van der Waals surface area contributed by atoms with E-state index < -0.39 is 11.6 Å². The largest absolute Gasteiger partial charge is 0.339 e. The Morgan fingerprint density at radius 1 is 1.73 bits per heavy atom. The van der Waals surface area contributed by atoms with Gasteiger partial charge in [-0.25, -0.2) is 4.39 Å². The van der Waals surface area contributed by atoms with Crippen LogP contribution in [0.4, 0.5) is 4.39 Å². The Labute approximate surface area is 66.7 Å². The van der Waals surface area contributed by atoms with Crippen molar-refractivity contribution in [2.24, 2.45) is 0 Å². The summed E-state index contributed by atoms with van der Waals surface area (Å²) in [5.41, 5.74) is -1.78. The van der Waals surface area contributed by atoms with Crippen LogP contribution in [-0.4, -0.2) is 30.1 Å². The van der Waals surface area contributed by atoms with E-state index in [9.17, 15) is 9.18 Å². The molecule has 11 heavy (non-hydrogen) atoms. The van der Waals surface area contributed by atoms with Gasteiger partial charge in [-0.05, 0) is 13.8 Å². The molecule has 0 aliphatic heterocycles. The molecule has 0 saturated heterocycles. The number of hydrogen-bond acceptors (Lipinski definition) is 1. The van der Waals surface area contributed by atoms with Crippen molar-refractivity contribution in [1.82, 2.24) is 4.90 Å². The molecule has 0 atom stereocenters. The lowest BCUT2D eigenvalue weighted by atomic mass is 10.1. The zero-order chi connectivity index (χ0) is 9.07. The van der Waals surface area contributed by atoms with Crippen LogP contribution >= 0.6 is 0 Å². The maximum absolute atomic E-state index is 12.9. The van der Waals surface area contributed by atoms with Crippen molar-refractivity contribution < 1.29 is 9.18 Å². The lowest BCUT2D eigenvalue weighted by molar-refractivity contribution is -0.139. The second-order valence-corrected chi connectivity index (χ2v) is 2.95. The molecule has 0 unspecified atom stereocenters. The van der Waals surface area contributed by atoms with E-state index in [0.717, 1.165) is 0 Å². The number of likely N-dealkylation sites (N-methyl/N-ethyl adjacent to an activating group) is 1. The van der Waals surface area contributed by atoms with Crippen LogP contribution < -0.4 is 0 Å². The van der Waals surface area contributed by atoms with Crippen molar-refractivity contribution in [3.63, 3.8) is 0 Å². The van der Waals surface area contributed by atoms with E-state index in [2.05, 4.69) is 6.58 Å². The van der Waals surface area contributed by atoms with Gasteiger partial charge < -0.3 is 4.90 Å². The zero-order valence-corrected chi connectivity index (χ0v) is 7.22. The van der Waals surface area contributed by atoms with Gasteiger partial charge in [0.2, 0.25) is 0 Å². The average Bonchev–Trinajstić information content (AvgIpc) is 1.85. The summed E-state index contributed by atoms with van der Waals surface area (Å²) >= 11 is 0. The summed E-state index contributed by atoms with van der Waals surface area (Å²) in [5, 5.41) is 0. The van der Waals surface area contributed by atoms with Crippen molar-refractivity contribution in [3.8, 4) is 0 Å². The van der Waals surface area contributed by atoms with Crippen LogP contribution in [0.15, 0.2) is 12.7 Å². The number of nitrogens with zero attached hydrogens (tertiary/aromatic N) is 1. The van der Waals surface area contributed by atoms with Crippen LogP contribution in [0.3, 0.4) is 0 Å². The predicted octanol–water partition coefficient (Wildman–Crippen LogP) is 1.38. The Morgan fingerprint density at radius 2 is 2.18 bits per heavy atom. The molecule has 0 spiro atoms. The van der Waals surface area contributed by atoms with Crippen molar-refractivity contribution in [3.05, 3.63) is 12.7 Å². The number of rotatable bonds is 3. The van der Waals surface area contributed by atoms with Crippen LogP contribution in [0, 0.1) is 0 Å². The standard InChI is InChI=1S/C8H14FNO/c1-5-6-10(4)7(11)8(2,3)9/h5H,1,6H2,2-4H3. The lowest BCUT2D eigenvalue weighted by Crippen LogP contribution is -2.40. The predicted molar refractivity (Wildman–Crippen MR) is 43.0 cm³/mol. The Hall–Kier alpha value is -0.860. The molecule has 0 aromatic heterocycles. The second kappa shape index (κ2) is 3.51. The van der Waals surface area contributed by atoms with Crippen LogP contribution in [0.1, 0.15) is 13.8 Å². The number of hydrogen-bond donors (Lipinski definition) is 0. The molecular formula is C8H14FNO. The van der Waals surface area contributed by atoms with E-state index in [1.807, 2.05) is 0 Å². The molecule has 0 N–H and O–H groups in total. The highest BCUT2D eigenvalue weighted by Gasteiger charge is 2.28. The average molecular weight is 159 g/mol. The van der Waals surface area contributed by atoms with E-state index in [0.29, 0.717) is 6.54 Å². The van der Waals surface area contributed by atoms with Crippen molar-refractivity contribution in [1.29, 1.82) is 0 Å². The van der Waals surface area contributed by atoms with E-state index in [1.54, 1.807) is 13.1 Å². The highest BCUT2D eigenvalue weighted by molar-refractivity contribution is 5.84. The molecule has 2 nitrogen and oxygen atoms in total. The van der Waals surface area contributed by atoms with Gasteiger partial charge in [-0.1, -0.05) is 6.08 Å². The molecule has 0 aliphatic rings. The summed E-state index contributed by atoms with van der Waals surface area (Å²) in [6.45, 7) is 6.32. The molecule has 0 heterocycles. The molecule has 3 heteroatoms. The minimum absolute atomic E-state index is 0.381. The topological polar surface area (TPSA) is 20.3 Å². The normalized spacial score (nSPS) is 10.9. The Bertz CT molecular complexity index is 160. The molecular weight excluding hydrogens is 145 g/mol. The summed E-state index contributed by atoms with van der Waals surface area (Å²) in [5.74, 6) is -0.516. The maximum Gasteiger partial charge on any atom is 0.259 e. The summed E-state index contributed by atoms with van der Waals surface area (Å²) in [4.78, 5) is 12.4. The summed E-state index contributed by atoms with van der Waals surface area (Å²) in [6.07, 6.45) is 1.56. The Kier molecular flexibility index (Phi) is 3.23. The molecule has 0 radical (unpaired) electrons. The highest BCUT2D eigenvalue weighted by atomic mass is 19.1. The zero-order valence-electron chi connectivity index (χ0n) is 7.22. The van der Waals surface area contributed by atoms with Gasteiger partial charge in [-0.3, -0.25) is 4.79 Å². The molecule has 0 aliphatic carbocycles. The molecule has 0 fully saturated rings. The van der Waals surface area contributed by atoms with E-state index in [1.165, 1.54) is 18.7 Å². The first-order valence-electron chi connectivity index (χ1n) is 3.45. The SMILES string of the molecule is C=CCN(C)C(=O)C(C)(C)F. The number of alkyl halides is 1. The van der Waals surface area contributed by atoms with Crippen molar-refractivity contribution >= 4 is 5.91 Å². The van der Waals surface area contributed by atoms with Gasteiger partial charge in [0.15, 0.2) is 5.67 Å². The second-order valence-electron chi connectivity index (χ2n) is 2.95. The van der Waals surface area contributed by atoms with Gasteiger partial charge in [0.05, 0.1) is 0 Å². The molecule has 64 valence electrons. The van der Waals surface area contributed by atoms with Gasteiger partial charge in [0, 0.05) is 13.6 Å². The third-order valence-corrected chi connectivity index (χ3v) is 1.26. The fourth-order valence-electron chi connectivity index (χ4n) is 0.730. The number of amides is 1. The molecule has 0 bridgehead atoms. The third kappa shape index (κ3) is 3.16. The highest BCUT2D eigenvalue weighted by Crippen LogP contribution is 2.11. The van der Waals surface area contributed by atoms with E-state index in [-0.39, 0.29) is 0 Å². The van der Waals surface area contributed by atoms with Gasteiger partial charge in [0.25, 0.3) is 5.91 Å². The summed E-state index contributed by atoms with van der Waals surface area (Å²) in [7, 11) is 1.55. The first-order valence-corrected chi connectivity index (χ1v) is 3.45. The van der Waals surface area contributed by atoms with Crippen LogP contribution in [-0.2, 0) is 4.79 Å². The van der Waals surface area contributed by atoms with Crippen LogP contribution in [0.5, 0.6) is 0 Å². The van der Waals surface area contributed by atoms with E-state index >= 15 is 0 Å². The number of halogens is 1. The first-order chi connectivity index (χ1) is 4.89. The number of carbonyl (C=O) groups is 1. The number of carbonyl (C=O) groups excluding carboxylic acids is 1. The minimum atomic E-state index is -1.78. The Balaban J connectivity index is 4.13. The smallest absolute Gasteiger partial charge is 0.259 e. The molecule has 0 aromatic rings. The third-order valence-electron chi connectivity index (χ3n) is 1.26. The molecule has 1 amide bonds. The van der Waals surface area contributed by atoms with Crippen LogP contribution in [0.25, 0.3) is 0 Å². The molecule has 0 aromatic carbocycles. The van der Waals surface area contributed by atoms with Crippen LogP contribution in [0.2, 0.25) is 0 Å². The lowest BCUT2D eigenvalue weighted by Gasteiger charge is -2.21. The quantitative estimate of drug-likeness (QED) is 0.570. The molecule has 0 rings (SSSR count). The van der Waals surface area contributed by atoms with Gasteiger partial charge >= 0.3 is 0 Å². The summed E-state index contributed by atoms with van der Waals surface area (Å²) < 4.78 is 12.9. The molecule has 0 saturated carbocycles. The Morgan fingerprint density at radius 3 is 2.45 bits per heavy atom. The summed E-state index contributed by atoms with van der Waals surface area (Å²) in [6, 6.07) is 0. The van der Waals surface area contributed by atoms with E-state index in [4.69, 9.17) is 0 Å². The monoisotopic (exact) mass is 159 g/mol. The van der Waals surface area contributed by atoms with Crippen molar-refractivity contribution in [2.75, 3.05) is 13.6 Å². The first kappa shape index (κ1) is 10.1. The minimum Gasteiger partial charge on any atom is -0.339 e. The van der Waals surface area contributed by atoms with Gasteiger partial charge in [-0.2, -0.15) is 0 Å². The fourth-order valence-corrected chi connectivity index (χ4v) is 0.730.